The van der Waals surface area contributed by atoms with Gasteiger partial charge in [0.2, 0.25) is 5.91 Å². The monoisotopic (exact) mass is 351 g/mol. The summed E-state index contributed by atoms with van der Waals surface area (Å²) < 4.78 is 11.1. The normalized spacial score (nSPS) is 19.7. The molecule has 1 aromatic carbocycles. The quantitative estimate of drug-likeness (QED) is 0.883. The summed E-state index contributed by atoms with van der Waals surface area (Å²) in [7, 11) is 0. The van der Waals surface area contributed by atoms with E-state index in [1.165, 1.54) is 0 Å². The molecule has 130 valence electrons. The van der Waals surface area contributed by atoms with Gasteiger partial charge in [0.25, 0.3) is 0 Å². The van der Waals surface area contributed by atoms with Gasteiger partial charge in [-0.15, -0.1) is 12.4 Å². The summed E-state index contributed by atoms with van der Waals surface area (Å²) in [5, 5.41) is 2.99. The highest BCUT2D eigenvalue weighted by Gasteiger charge is 2.38. The lowest BCUT2D eigenvalue weighted by atomic mass is 9.79. The van der Waals surface area contributed by atoms with Crippen LogP contribution in [0.25, 0.3) is 11.1 Å². The van der Waals surface area contributed by atoms with Crippen LogP contribution in [0.3, 0.4) is 0 Å². The molecule has 2 aliphatic rings. The number of benzene rings is 1. The Morgan fingerprint density at radius 1 is 1.33 bits per heavy atom. The summed E-state index contributed by atoms with van der Waals surface area (Å²) in [5.41, 5.74) is 7.64. The number of carbonyl (C=O) groups is 1. The summed E-state index contributed by atoms with van der Waals surface area (Å²) in [4.78, 5) is 17.2. The molecule has 0 atom stereocenters. The molecule has 2 heterocycles. The fourth-order valence-corrected chi connectivity index (χ4v) is 3.08. The molecule has 1 aliphatic heterocycles. The largest absolute Gasteiger partial charge is 0.440 e. The number of rotatable bonds is 4. The maximum absolute atomic E-state index is 12.7. The summed E-state index contributed by atoms with van der Waals surface area (Å²) >= 11 is 0. The Morgan fingerprint density at radius 2 is 2.08 bits per heavy atom. The van der Waals surface area contributed by atoms with Crippen LogP contribution in [0, 0.1) is 5.41 Å². The first-order valence-corrected chi connectivity index (χ1v) is 8.20. The number of nitrogens with zero attached hydrogens (tertiary/aromatic N) is 1. The van der Waals surface area contributed by atoms with Gasteiger partial charge in [-0.1, -0.05) is 0 Å². The molecule has 1 saturated heterocycles. The topological polar surface area (TPSA) is 90.4 Å². The Kier molecular flexibility index (Phi) is 4.80. The molecule has 1 aromatic heterocycles. The van der Waals surface area contributed by atoms with Crippen molar-refractivity contribution < 1.29 is 13.9 Å². The van der Waals surface area contributed by atoms with Gasteiger partial charge in [-0.3, -0.25) is 4.79 Å². The van der Waals surface area contributed by atoms with E-state index in [9.17, 15) is 4.79 Å². The van der Waals surface area contributed by atoms with E-state index in [4.69, 9.17) is 14.9 Å². The highest BCUT2D eigenvalue weighted by molar-refractivity contribution is 5.97. The average Bonchev–Trinajstić information content (AvgIpc) is 3.35. The third kappa shape index (κ3) is 3.14. The highest BCUT2D eigenvalue weighted by atomic mass is 35.5. The van der Waals surface area contributed by atoms with E-state index < -0.39 is 5.41 Å². The summed E-state index contributed by atoms with van der Waals surface area (Å²) in [5.74, 6) is 1.25. The van der Waals surface area contributed by atoms with Gasteiger partial charge < -0.3 is 20.2 Å². The number of oxazole rings is 1. The number of carbonyl (C=O) groups excluding carboxylic acids is 1. The summed E-state index contributed by atoms with van der Waals surface area (Å²) in [6.07, 6.45) is 3.62. The van der Waals surface area contributed by atoms with Gasteiger partial charge in [-0.2, -0.15) is 0 Å². The van der Waals surface area contributed by atoms with Crippen LogP contribution in [-0.2, 0) is 9.53 Å². The molecule has 0 radical (unpaired) electrons. The van der Waals surface area contributed by atoms with Crippen molar-refractivity contribution in [3.8, 4) is 0 Å². The molecule has 7 heteroatoms. The van der Waals surface area contributed by atoms with E-state index in [1.54, 1.807) is 0 Å². The van der Waals surface area contributed by atoms with E-state index in [0.717, 1.165) is 35.5 Å². The van der Waals surface area contributed by atoms with Crippen LogP contribution in [0.4, 0.5) is 5.69 Å². The van der Waals surface area contributed by atoms with Gasteiger partial charge in [-0.25, -0.2) is 4.98 Å². The third-order valence-corrected chi connectivity index (χ3v) is 4.91. The highest BCUT2D eigenvalue weighted by Crippen LogP contribution is 2.40. The zero-order valence-corrected chi connectivity index (χ0v) is 14.2. The van der Waals surface area contributed by atoms with Crippen molar-refractivity contribution in [3.05, 3.63) is 24.1 Å². The van der Waals surface area contributed by atoms with Crippen molar-refractivity contribution >= 4 is 35.1 Å². The lowest BCUT2D eigenvalue weighted by molar-refractivity contribution is -0.130. The van der Waals surface area contributed by atoms with Gasteiger partial charge >= 0.3 is 0 Å². The Balaban J connectivity index is 0.00000169. The molecule has 24 heavy (non-hydrogen) atoms. The number of aromatic nitrogens is 1. The number of fused-ring (bicyclic) bond motifs is 1. The molecule has 0 spiro atoms. The van der Waals surface area contributed by atoms with Crippen LogP contribution in [0.15, 0.2) is 22.6 Å². The predicted octanol–water partition coefficient (Wildman–Crippen LogP) is 2.82. The van der Waals surface area contributed by atoms with E-state index in [2.05, 4.69) is 10.3 Å². The number of nitrogens with two attached hydrogens (primary N) is 1. The average molecular weight is 352 g/mol. The fraction of sp³-hybridized carbons (Fsp3) is 0.529. The first-order valence-electron chi connectivity index (χ1n) is 8.20. The fourth-order valence-electron chi connectivity index (χ4n) is 3.08. The molecule has 4 rings (SSSR count). The van der Waals surface area contributed by atoms with Gasteiger partial charge in [0.15, 0.2) is 11.5 Å². The summed E-state index contributed by atoms with van der Waals surface area (Å²) in [6, 6.07) is 5.58. The van der Waals surface area contributed by atoms with Gasteiger partial charge in [0, 0.05) is 31.4 Å². The number of hydrogen-bond donors (Lipinski definition) is 2. The second-order valence-corrected chi connectivity index (χ2v) is 6.56. The Bertz CT molecular complexity index is 736. The Hall–Kier alpha value is -1.63. The number of halogens is 1. The SMILES string of the molecule is Cl.NCC1(C(=O)Nc2ccc3oc(C4CC4)nc3c2)CCOCC1. The first kappa shape index (κ1) is 17.2. The van der Waals surface area contributed by atoms with Crippen LogP contribution >= 0.6 is 12.4 Å². The molecule has 1 saturated carbocycles. The van der Waals surface area contributed by atoms with Crippen LogP contribution < -0.4 is 11.1 Å². The van der Waals surface area contributed by atoms with Crippen molar-refractivity contribution in [1.82, 2.24) is 4.98 Å². The van der Waals surface area contributed by atoms with Crippen LogP contribution in [0.1, 0.15) is 37.5 Å². The van der Waals surface area contributed by atoms with Crippen molar-refractivity contribution in [3.63, 3.8) is 0 Å². The minimum Gasteiger partial charge on any atom is -0.440 e. The number of anilines is 1. The molecule has 2 fully saturated rings. The Labute approximate surface area is 146 Å². The molecule has 0 unspecified atom stereocenters. The van der Waals surface area contributed by atoms with Crippen LogP contribution in [0.2, 0.25) is 0 Å². The van der Waals surface area contributed by atoms with Crippen molar-refractivity contribution in [2.75, 3.05) is 25.1 Å². The van der Waals surface area contributed by atoms with Crippen molar-refractivity contribution in [2.24, 2.45) is 11.1 Å². The van der Waals surface area contributed by atoms with Crippen molar-refractivity contribution in [2.45, 2.75) is 31.6 Å². The molecular weight excluding hydrogens is 330 g/mol. The van der Waals surface area contributed by atoms with E-state index in [0.29, 0.717) is 38.5 Å². The zero-order chi connectivity index (χ0) is 15.9. The Morgan fingerprint density at radius 3 is 2.75 bits per heavy atom. The van der Waals surface area contributed by atoms with Gasteiger partial charge in [0.05, 0.1) is 5.41 Å². The molecule has 2 aromatic rings. The van der Waals surface area contributed by atoms with Gasteiger partial charge in [0.1, 0.15) is 5.52 Å². The molecule has 0 bridgehead atoms. The minimum atomic E-state index is -0.532. The minimum absolute atomic E-state index is 0. The smallest absolute Gasteiger partial charge is 0.232 e. The van der Waals surface area contributed by atoms with Gasteiger partial charge in [-0.05, 0) is 43.9 Å². The zero-order valence-electron chi connectivity index (χ0n) is 13.4. The molecule has 1 aliphatic carbocycles. The molecule has 3 N–H and O–H groups in total. The maximum Gasteiger partial charge on any atom is 0.232 e. The standard InChI is InChI=1S/C17H21N3O3.ClH/c18-10-17(5-7-22-8-6-17)16(21)19-12-3-4-14-13(9-12)20-15(23-14)11-1-2-11;/h3-4,9,11H,1-2,5-8,10,18H2,(H,19,21);1H. The van der Waals surface area contributed by atoms with E-state index in [-0.39, 0.29) is 18.3 Å². The first-order chi connectivity index (χ1) is 11.2. The van der Waals surface area contributed by atoms with E-state index >= 15 is 0 Å². The second kappa shape index (κ2) is 6.70. The third-order valence-electron chi connectivity index (χ3n) is 4.91. The van der Waals surface area contributed by atoms with Crippen LogP contribution in [0.5, 0.6) is 0 Å². The number of nitrogens with one attached hydrogen (secondary N) is 1. The second-order valence-electron chi connectivity index (χ2n) is 6.56. The number of hydrogen-bond acceptors (Lipinski definition) is 5. The predicted molar refractivity (Wildman–Crippen MR) is 93.4 cm³/mol. The van der Waals surface area contributed by atoms with Crippen molar-refractivity contribution in [1.29, 1.82) is 0 Å². The van der Waals surface area contributed by atoms with E-state index in [1.807, 2.05) is 18.2 Å². The lowest BCUT2D eigenvalue weighted by Gasteiger charge is -2.34. The van der Waals surface area contributed by atoms with Crippen LogP contribution in [-0.4, -0.2) is 30.6 Å². The summed E-state index contributed by atoms with van der Waals surface area (Å²) in [6.45, 7) is 1.50. The molecule has 6 nitrogen and oxygen atoms in total. The number of ether oxygens (including phenoxy) is 1. The molecular formula is C17H22ClN3O3. The maximum atomic E-state index is 12.7. The lowest BCUT2D eigenvalue weighted by Crippen LogP contribution is -2.46. The molecule has 1 amide bonds. The number of amides is 1.